The predicted molar refractivity (Wildman–Crippen MR) is 117 cm³/mol. The monoisotopic (exact) mass is 424 g/mol. The molecule has 1 atom stereocenters. The standard InChI is InChI=1S/C23H28N4O2S/c1-15-25-26-22(30-15)24-20(28)19-17-11-5-6-12-18(17)21(29)27(16-9-3-4-10-16)23(19)13-7-2-8-14-23/h5-6,11-12,16,19H,2-4,7-10,13-14H2,1H3,(H,24,26,28)/t19-/m0/s1. The Kier molecular flexibility index (Phi) is 5.09. The number of anilines is 1. The van der Waals surface area contributed by atoms with Crippen molar-refractivity contribution in [2.75, 3.05) is 5.32 Å². The molecule has 1 N–H and O–H groups in total. The summed E-state index contributed by atoms with van der Waals surface area (Å²) in [4.78, 5) is 29.7. The first-order chi connectivity index (χ1) is 14.6. The lowest BCUT2D eigenvalue weighted by atomic mass is 9.64. The summed E-state index contributed by atoms with van der Waals surface area (Å²) in [6, 6.07) is 7.97. The van der Waals surface area contributed by atoms with Crippen molar-refractivity contribution >= 4 is 28.3 Å². The molecule has 2 saturated carbocycles. The first-order valence-electron chi connectivity index (χ1n) is 11.1. The van der Waals surface area contributed by atoms with Crippen LogP contribution < -0.4 is 5.32 Å². The van der Waals surface area contributed by atoms with E-state index in [2.05, 4.69) is 20.4 Å². The smallest absolute Gasteiger partial charge is 0.254 e. The van der Waals surface area contributed by atoms with Gasteiger partial charge in [0.25, 0.3) is 5.91 Å². The van der Waals surface area contributed by atoms with Crippen LogP contribution in [0.25, 0.3) is 0 Å². The van der Waals surface area contributed by atoms with Gasteiger partial charge in [0.05, 0.1) is 11.5 Å². The summed E-state index contributed by atoms with van der Waals surface area (Å²) in [5.74, 6) is -0.317. The Morgan fingerprint density at radius 3 is 2.53 bits per heavy atom. The Bertz CT molecular complexity index is 960. The van der Waals surface area contributed by atoms with E-state index in [-0.39, 0.29) is 23.8 Å². The van der Waals surface area contributed by atoms with Crippen LogP contribution in [0.4, 0.5) is 5.13 Å². The molecule has 0 radical (unpaired) electrons. The maximum atomic E-state index is 13.8. The molecule has 2 amide bonds. The van der Waals surface area contributed by atoms with Crippen molar-refractivity contribution in [3.63, 3.8) is 0 Å². The number of amides is 2. The summed E-state index contributed by atoms with van der Waals surface area (Å²) in [5, 5.41) is 12.5. The highest BCUT2D eigenvalue weighted by molar-refractivity contribution is 7.15. The maximum absolute atomic E-state index is 13.8. The van der Waals surface area contributed by atoms with Crippen molar-refractivity contribution in [2.24, 2.45) is 0 Å². The summed E-state index contributed by atoms with van der Waals surface area (Å²) < 4.78 is 0. The van der Waals surface area contributed by atoms with E-state index in [4.69, 9.17) is 0 Å². The summed E-state index contributed by atoms with van der Waals surface area (Å²) in [5.41, 5.74) is 1.12. The number of carbonyl (C=O) groups excluding carboxylic acids is 2. The number of hydrogen-bond donors (Lipinski definition) is 1. The van der Waals surface area contributed by atoms with E-state index in [9.17, 15) is 9.59 Å². The predicted octanol–water partition coefficient (Wildman–Crippen LogP) is 4.67. The van der Waals surface area contributed by atoms with E-state index in [1.807, 2.05) is 31.2 Å². The molecule has 0 unspecified atom stereocenters. The zero-order valence-electron chi connectivity index (χ0n) is 17.4. The summed E-state index contributed by atoms with van der Waals surface area (Å²) >= 11 is 1.39. The van der Waals surface area contributed by atoms with Crippen LogP contribution in [-0.4, -0.2) is 38.5 Å². The van der Waals surface area contributed by atoms with Crippen molar-refractivity contribution in [1.29, 1.82) is 0 Å². The van der Waals surface area contributed by atoms with Gasteiger partial charge in [-0.15, -0.1) is 10.2 Å². The summed E-state index contributed by atoms with van der Waals surface area (Å²) in [7, 11) is 0. The van der Waals surface area contributed by atoms with Crippen LogP contribution in [0.2, 0.25) is 0 Å². The fraction of sp³-hybridized carbons (Fsp3) is 0.565. The third kappa shape index (κ3) is 3.14. The van der Waals surface area contributed by atoms with Crippen molar-refractivity contribution in [3.05, 3.63) is 40.4 Å². The third-order valence-corrected chi connectivity index (χ3v) is 7.92. The quantitative estimate of drug-likeness (QED) is 0.777. The van der Waals surface area contributed by atoms with Crippen LogP contribution in [0, 0.1) is 6.92 Å². The van der Waals surface area contributed by atoms with Crippen LogP contribution in [0.3, 0.4) is 0 Å². The SMILES string of the molecule is Cc1nnc(NC(=O)[C@@H]2c3ccccc3C(=O)N(C3CCCC3)C23CCCCC3)s1. The first kappa shape index (κ1) is 19.7. The Morgan fingerprint density at radius 1 is 1.10 bits per heavy atom. The van der Waals surface area contributed by atoms with E-state index in [0.717, 1.165) is 61.9 Å². The molecule has 2 fully saturated rings. The molecule has 6 nitrogen and oxygen atoms in total. The van der Waals surface area contributed by atoms with Gasteiger partial charge in [-0.3, -0.25) is 14.9 Å². The first-order valence-corrected chi connectivity index (χ1v) is 12.0. The van der Waals surface area contributed by atoms with Crippen molar-refractivity contribution < 1.29 is 9.59 Å². The molecular weight excluding hydrogens is 396 g/mol. The van der Waals surface area contributed by atoms with Gasteiger partial charge in [-0.2, -0.15) is 0 Å². The second kappa shape index (κ2) is 7.76. The third-order valence-electron chi connectivity index (χ3n) is 7.17. The molecule has 7 heteroatoms. The van der Waals surface area contributed by atoms with Crippen molar-refractivity contribution in [2.45, 2.75) is 82.2 Å². The number of hydrogen-bond acceptors (Lipinski definition) is 5. The summed E-state index contributed by atoms with van der Waals surface area (Å²) in [6.45, 7) is 1.88. The molecule has 1 aromatic carbocycles. The van der Waals surface area contributed by atoms with E-state index in [1.165, 1.54) is 17.8 Å². The number of benzene rings is 1. The van der Waals surface area contributed by atoms with Gasteiger partial charge in [-0.25, -0.2) is 0 Å². The molecule has 1 aromatic heterocycles. The Balaban J connectivity index is 1.63. The van der Waals surface area contributed by atoms with E-state index in [0.29, 0.717) is 10.7 Å². The van der Waals surface area contributed by atoms with Gasteiger partial charge in [0, 0.05) is 11.6 Å². The highest BCUT2D eigenvalue weighted by Gasteiger charge is 2.56. The molecule has 0 bridgehead atoms. The average molecular weight is 425 g/mol. The van der Waals surface area contributed by atoms with Gasteiger partial charge in [0.15, 0.2) is 0 Å². The summed E-state index contributed by atoms with van der Waals surface area (Å²) in [6.07, 6.45) is 9.45. The molecule has 2 aromatic rings. The zero-order valence-corrected chi connectivity index (χ0v) is 18.2. The van der Waals surface area contributed by atoms with Gasteiger partial charge >= 0.3 is 0 Å². The van der Waals surface area contributed by atoms with Crippen LogP contribution in [-0.2, 0) is 4.79 Å². The number of carbonyl (C=O) groups is 2. The van der Waals surface area contributed by atoms with Crippen molar-refractivity contribution in [3.8, 4) is 0 Å². The minimum absolute atomic E-state index is 0.0593. The molecule has 30 heavy (non-hydrogen) atoms. The molecule has 2 heterocycles. The zero-order chi connectivity index (χ0) is 20.7. The number of rotatable bonds is 3. The lowest BCUT2D eigenvalue weighted by Crippen LogP contribution is -2.64. The lowest BCUT2D eigenvalue weighted by molar-refractivity contribution is -0.123. The molecule has 1 aliphatic heterocycles. The molecule has 5 rings (SSSR count). The Morgan fingerprint density at radius 2 is 1.83 bits per heavy atom. The fourth-order valence-corrected chi connectivity index (χ4v) is 6.59. The average Bonchev–Trinajstić information content (AvgIpc) is 3.41. The van der Waals surface area contributed by atoms with Crippen LogP contribution in [0.1, 0.15) is 84.6 Å². The molecule has 0 saturated heterocycles. The topological polar surface area (TPSA) is 75.2 Å². The number of nitrogens with zero attached hydrogens (tertiary/aromatic N) is 3. The second-order valence-electron chi connectivity index (χ2n) is 8.91. The number of fused-ring (bicyclic) bond motifs is 1. The number of aryl methyl sites for hydroxylation is 1. The van der Waals surface area contributed by atoms with Crippen LogP contribution in [0.5, 0.6) is 0 Å². The molecule has 1 spiro atoms. The second-order valence-corrected chi connectivity index (χ2v) is 10.1. The molecule has 158 valence electrons. The van der Waals surface area contributed by atoms with Crippen LogP contribution in [0.15, 0.2) is 24.3 Å². The van der Waals surface area contributed by atoms with Crippen LogP contribution >= 0.6 is 11.3 Å². The van der Waals surface area contributed by atoms with Gasteiger partial charge < -0.3 is 4.90 Å². The van der Waals surface area contributed by atoms with Crippen molar-refractivity contribution in [1.82, 2.24) is 15.1 Å². The van der Waals surface area contributed by atoms with E-state index in [1.54, 1.807) is 0 Å². The molecule has 2 aliphatic carbocycles. The van der Waals surface area contributed by atoms with Gasteiger partial charge in [0.1, 0.15) is 5.01 Å². The Hall–Kier alpha value is -2.28. The normalized spacial score (nSPS) is 23.6. The fourth-order valence-electron chi connectivity index (χ4n) is 6.00. The molecule has 3 aliphatic rings. The maximum Gasteiger partial charge on any atom is 0.254 e. The lowest BCUT2D eigenvalue weighted by Gasteiger charge is -2.55. The van der Waals surface area contributed by atoms with E-state index >= 15 is 0 Å². The number of aromatic nitrogens is 2. The molecular formula is C23H28N4O2S. The highest BCUT2D eigenvalue weighted by Crippen LogP contribution is 2.51. The minimum atomic E-state index is -0.442. The Labute approximate surface area is 181 Å². The van der Waals surface area contributed by atoms with Gasteiger partial charge in [-0.05, 0) is 44.2 Å². The van der Waals surface area contributed by atoms with Gasteiger partial charge in [0.2, 0.25) is 11.0 Å². The highest BCUT2D eigenvalue weighted by atomic mass is 32.1. The minimum Gasteiger partial charge on any atom is -0.329 e. The van der Waals surface area contributed by atoms with E-state index < -0.39 is 5.54 Å². The largest absolute Gasteiger partial charge is 0.329 e. The van der Waals surface area contributed by atoms with Gasteiger partial charge in [-0.1, -0.05) is 61.6 Å². The number of nitrogens with one attached hydrogen (secondary N) is 1.